The molecule has 0 unspecified atom stereocenters. The molecule has 108 valence electrons. The molecule has 0 aliphatic rings. The maximum Gasteiger partial charge on any atom is 0.240 e. The van der Waals surface area contributed by atoms with Crippen LogP contribution in [0.2, 0.25) is 5.02 Å². The molecular weight excluding hydrogens is 284 g/mol. The van der Waals surface area contributed by atoms with Gasteiger partial charge in [0.1, 0.15) is 0 Å². The van der Waals surface area contributed by atoms with E-state index >= 15 is 0 Å². The molecule has 0 aliphatic heterocycles. The zero-order valence-electron chi connectivity index (χ0n) is 11.2. The maximum atomic E-state index is 12.0. The minimum absolute atomic E-state index is 0.216. The Kier molecular flexibility index (Phi) is 6.79. The Labute approximate surface area is 120 Å². The van der Waals surface area contributed by atoms with Crippen LogP contribution in [0.25, 0.3) is 0 Å². The highest BCUT2D eigenvalue weighted by atomic mass is 35.5. The quantitative estimate of drug-likeness (QED) is 0.725. The first-order valence-electron chi connectivity index (χ1n) is 6.49. The number of unbranched alkanes of at least 4 members (excludes halogenated alkanes) is 3. The van der Waals surface area contributed by atoms with Crippen LogP contribution in [0.3, 0.4) is 0 Å². The van der Waals surface area contributed by atoms with E-state index in [1.54, 1.807) is 6.07 Å². The number of hydrogen-bond acceptors (Lipinski definition) is 3. The molecule has 0 radical (unpaired) electrons. The first-order valence-corrected chi connectivity index (χ1v) is 8.35. The lowest BCUT2D eigenvalue weighted by atomic mass is 10.2. The van der Waals surface area contributed by atoms with Gasteiger partial charge >= 0.3 is 0 Å². The lowest BCUT2D eigenvalue weighted by Gasteiger charge is -2.09. The van der Waals surface area contributed by atoms with Crippen molar-refractivity contribution in [1.82, 2.24) is 4.72 Å². The Morgan fingerprint density at radius 1 is 1.26 bits per heavy atom. The van der Waals surface area contributed by atoms with Gasteiger partial charge in [-0.25, -0.2) is 13.1 Å². The fourth-order valence-corrected chi connectivity index (χ4v) is 3.04. The molecule has 0 atom stereocenters. The van der Waals surface area contributed by atoms with Crippen LogP contribution in [0.15, 0.2) is 23.1 Å². The zero-order chi connectivity index (χ0) is 14.3. The van der Waals surface area contributed by atoms with Gasteiger partial charge in [-0.2, -0.15) is 0 Å². The Balaban J connectivity index is 2.67. The number of sulfonamides is 1. The summed E-state index contributed by atoms with van der Waals surface area (Å²) in [6.45, 7) is 2.80. The summed E-state index contributed by atoms with van der Waals surface area (Å²) in [5.41, 5.74) is 6.15. The third-order valence-corrected chi connectivity index (χ3v) is 4.70. The second-order valence-corrected chi connectivity index (χ2v) is 6.59. The number of benzene rings is 1. The van der Waals surface area contributed by atoms with Crippen LogP contribution in [0.5, 0.6) is 0 Å². The highest BCUT2D eigenvalue weighted by molar-refractivity contribution is 7.89. The lowest BCUT2D eigenvalue weighted by molar-refractivity contribution is 0.573. The van der Waals surface area contributed by atoms with Gasteiger partial charge in [-0.05, 0) is 30.2 Å². The van der Waals surface area contributed by atoms with Crippen molar-refractivity contribution in [2.24, 2.45) is 5.73 Å². The van der Waals surface area contributed by atoms with Crippen molar-refractivity contribution in [3.05, 3.63) is 28.8 Å². The van der Waals surface area contributed by atoms with Crippen molar-refractivity contribution in [1.29, 1.82) is 0 Å². The summed E-state index contributed by atoms with van der Waals surface area (Å²) in [6.07, 6.45) is 4.14. The molecule has 0 saturated heterocycles. The molecule has 0 spiro atoms. The Bertz CT molecular complexity index is 503. The Morgan fingerprint density at radius 2 is 2.00 bits per heavy atom. The zero-order valence-corrected chi connectivity index (χ0v) is 12.7. The van der Waals surface area contributed by atoms with Gasteiger partial charge < -0.3 is 5.73 Å². The van der Waals surface area contributed by atoms with Gasteiger partial charge in [0.15, 0.2) is 0 Å². The summed E-state index contributed by atoms with van der Waals surface area (Å²) >= 11 is 5.91. The second-order valence-electron chi connectivity index (χ2n) is 4.42. The van der Waals surface area contributed by atoms with Crippen molar-refractivity contribution in [3.8, 4) is 0 Å². The molecule has 0 saturated carbocycles. The van der Waals surface area contributed by atoms with Gasteiger partial charge in [0.2, 0.25) is 10.0 Å². The molecule has 1 aromatic carbocycles. The Hall–Kier alpha value is -0.620. The minimum atomic E-state index is -3.46. The first kappa shape index (κ1) is 16.4. The predicted octanol–water partition coefficient (Wildman–Crippen LogP) is 2.66. The molecule has 1 aromatic rings. The van der Waals surface area contributed by atoms with Crippen LogP contribution in [0.1, 0.15) is 38.2 Å². The molecule has 4 nitrogen and oxygen atoms in total. The number of halogens is 1. The summed E-state index contributed by atoms with van der Waals surface area (Å²) in [5.74, 6) is 0. The highest BCUT2D eigenvalue weighted by Crippen LogP contribution is 2.19. The third-order valence-electron chi connectivity index (χ3n) is 2.87. The van der Waals surface area contributed by atoms with Crippen LogP contribution in [-0.4, -0.2) is 15.0 Å². The number of hydrogen-bond donors (Lipinski definition) is 2. The lowest BCUT2D eigenvalue weighted by Crippen LogP contribution is -2.25. The van der Waals surface area contributed by atoms with Gasteiger partial charge in [-0.1, -0.05) is 37.8 Å². The van der Waals surface area contributed by atoms with E-state index in [4.69, 9.17) is 17.3 Å². The van der Waals surface area contributed by atoms with Crippen molar-refractivity contribution in [3.63, 3.8) is 0 Å². The van der Waals surface area contributed by atoms with Crippen molar-refractivity contribution >= 4 is 21.6 Å². The van der Waals surface area contributed by atoms with E-state index in [9.17, 15) is 8.42 Å². The topological polar surface area (TPSA) is 72.2 Å². The third kappa shape index (κ3) is 5.10. The van der Waals surface area contributed by atoms with Gasteiger partial charge in [-0.15, -0.1) is 0 Å². The Morgan fingerprint density at radius 3 is 2.63 bits per heavy atom. The second kappa shape index (κ2) is 7.85. The largest absolute Gasteiger partial charge is 0.326 e. The summed E-state index contributed by atoms with van der Waals surface area (Å²) < 4.78 is 26.7. The fourth-order valence-electron chi connectivity index (χ4n) is 1.72. The number of nitrogens with one attached hydrogen (secondary N) is 1. The average Bonchev–Trinajstić information content (AvgIpc) is 2.38. The summed E-state index contributed by atoms with van der Waals surface area (Å²) in [4.78, 5) is 0.216. The molecule has 0 heterocycles. The van der Waals surface area contributed by atoms with E-state index in [0.717, 1.165) is 25.7 Å². The predicted molar refractivity (Wildman–Crippen MR) is 78.7 cm³/mol. The van der Waals surface area contributed by atoms with E-state index in [0.29, 0.717) is 17.1 Å². The smallest absolute Gasteiger partial charge is 0.240 e. The first-order chi connectivity index (χ1) is 9.01. The van der Waals surface area contributed by atoms with Crippen LogP contribution in [0.4, 0.5) is 0 Å². The average molecular weight is 305 g/mol. The number of nitrogens with two attached hydrogens (primary N) is 1. The summed E-state index contributed by atoms with van der Waals surface area (Å²) in [6, 6.07) is 4.59. The van der Waals surface area contributed by atoms with Crippen molar-refractivity contribution in [2.75, 3.05) is 6.54 Å². The fraction of sp³-hybridized carbons (Fsp3) is 0.538. The normalized spacial score (nSPS) is 11.7. The summed E-state index contributed by atoms with van der Waals surface area (Å²) in [7, 11) is -3.46. The van der Waals surface area contributed by atoms with E-state index in [1.807, 2.05) is 0 Å². The van der Waals surface area contributed by atoms with Crippen LogP contribution in [-0.2, 0) is 16.6 Å². The van der Waals surface area contributed by atoms with Crippen LogP contribution in [0, 0.1) is 0 Å². The molecule has 0 fully saturated rings. The van der Waals surface area contributed by atoms with E-state index in [2.05, 4.69) is 11.6 Å². The highest BCUT2D eigenvalue weighted by Gasteiger charge is 2.14. The van der Waals surface area contributed by atoms with Crippen molar-refractivity contribution in [2.45, 2.75) is 44.0 Å². The molecule has 3 N–H and O–H groups in total. The van der Waals surface area contributed by atoms with Gasteiger partial charge in [0.25, 0.3) is 0 Å². The van der Waals surface area contributed by atoms with Crippen LogP contribution < -0.4 is 10.5 Å². The summed E-state index contributed by atoms with van der Waals surface area (Å²) in [5, 5.41) is 0.490. The maximum absolute atomic E-state index is 12.0. The molecule has 6 heteroatoms. The van der Waals surface area contributed by atoms with Gasteiger partial charge in [0.05, 0.1) is 4.90 Å². The molecule has 1 rings (SSSR count). The molecule has 0 aromatic heterocycles. The molecule has 0 amide bonds. The monoisotopic (exact) mass is 304 g/mol. The van der Waals surface area contributed by atoms with Gasteiger partial charge in [0, 0.05) is 18.1 Å². The van der Waals surface area contributed by atoms with E-state index in [1.165, 1.54) is 12.1 Å². The van der Waals surface area contributed by atoms with Crippen molar-refractivity contribution < 1.29 is 8.42 Å². The standard InChI is InChI=1S/C13H21ClN2O2S/c1-2-3-4-5-8-16-19(17,18)12-6-7-13(14)11(9-12)10-15/h6-7,9,16H,2-5,8,10,15H2,1H3. The molecular formula is C13H21ClN2O2S. The van der Waals surface area contributed by atoms with E-state index < -0.39 is 10.0 Å². The molecule has 19 heavy (non-hydrogen) atoms. The van der Waals surface area contributed by atoms with E-state index in [-0.39, 0.29) is 11.4 Å². The van der Waals surface area contributed by atoms with Gasteiger partial charge in [-0.3, -0.25) is 0 Å². The molecule has 0 bridgehead atoms. The minimum Gasteiger partial charge on any atom is -0.326 e. The van der Waals surface area contributed by atoms with Crippen LogP contribution >= 0.6 is 11.6 Å². The molecule has 0 aliphatic carbocycles. The SMILES string of the molecule is CCCCCCNS(=O)(=O)c1ccc(Cl)c(CN)c1. The number of rotatable bonds is 8.